The monoisotopic (exact) mass is 344 g/mol. The molecule has 0 saturated heterocycles. The molecular formula is C14H18IP. The third-order valence-electron chi connectivity index (χ3n) is 2.97. The minimum atomic E-state index is -0.978. The van der Waals surface area contributed by atoms with Crippen molar-refractivity contribution in [3.63, 3.8) is 0 Å². The summed E-state index contributed by atoms with van der Waals surface area (Å²) in [6.45, 7) is 6.87. The van der Waals surface area contributed by atoms with Crippen molar-refractivity contribution in [1.82, 2.24) is 0 Å². The molecule has 86 valence electrons. The van der Waals surface area contributed by atoms with E-state index in [1.165, 1.54) is 22.9 Å². The maximum atomic E-state index is 2.50. The molecule has 0 saturated carbocycles. The Morgan fingerprint density at radius 1 is 0.938 bits per heavy atom. The predicted molar refractivity (Wildman–Crippen MR) is 70.5 cm³/mol. The number of hydrogen-bond acceptors (Lipinski definition) is 0. The van der Waals surface area contributed by atoms with Crippen LogP contribution in [0.5, 0.6) is 0 Å². The average molecular weight is 344 g/mol. The molecule has 0 amide bonds. The van der Waals surface area contributed by atoms with E-state index in [1.807, 2.05) is 0 Å². The Kier molecular flexibility index (Phi) is 4.75. The van der Waals surface area contributed by atoms with E-state index in [2.05, 4.69) is 62.5 Å². The molecule has 2 rings (SSSR count). The van der Waals surface area contributed by atoms with E-state index in [1.54, 1.807) is 0 Å². The van der Waals surface area contributed by atoms with Gasteiger partial charge in [-0.3, -0.25) is 0 Å². The van der Waals surface area contributed by atoms with Crippen LogP contribution in [-0.2, 0) is 6.16 Å². The largest absolute Gasteiger partial charge is 1.00 e. The van der Waals surface area contributed by atoms with E-state index >= 15 is 0 Å². The molecule has 0 spiro atoms. The fourth-order valence-corrected chi connectivity index (χ4v) is 5.63. The maximum Gasteiger partial charge on any atom is 0.0923 e. The van der Waals surface area contributed by atoms with Gasteiger partial charge in [0, 0.05) is 0 Å². The van der Waals surface area contributed by atoms with Crippen molar-refractivity contribution in [2.75, 3.05) is 6.66 Å². The van der Waals surface area contributed by atoms with Crippen molar-refractivity contribution in [3.8, 4) is 0 Å². The molecule has 0 aliphatic carbocycles. The first-order chi connectivity index (χ1) is 7.09. The molecule has 0 unspecified atom stereocenters. The van der Waals surface area contributed by atoms with Gasteiger partial charge in [0.05, 0.1) is 31.7 Å². The van der Waals surface area contributed by atoms with Crippen molar-refractivity contribution >= 4 is 7.26 Å². The Bertz CT molecular complexity index is 400. The second-order valence-corrected chi connectivity index (χ2v) is 8.14. The molecule has 1 aromatic rings. The van der Waals surface area contributed by atoms with Crippen LogP contribution in [0.1, 0.15) is 19.4 Å². The summed E-state index contributed by atoms with van der Waals surface area (Å²) in [5, 5.41) is 0. The molecule has 1 aliphatic heterocycles. The van der Waals surface area contributed by atoms with Gasteiger partial charge < -0.3 is 24.0 Å². The molecule has 0 radical (unpaired) electrons. The summed E-state index contributed by atoms with van der Waals surface area (Å²) in [6.07, 6.45) is 1.21. The third-order valence-corrected chi connectivity index (χ3v) is 5.97. The maximum absolute atomic E-state index is 2.50. The van der Waals surface area contributed by atoms with E-state index in [0.29, 0.717) is 0 Å². The Morgan fingerprint density at radius 2 is 1.44 bits per heavy atom. The Balaban J connectivity index is 0.00000128. The van der Waals surface area contributed by atoms with Gasteiger partial charge in [0.15, 0.2) is 0 Å². The van der Waals surface area contributed by atoms with Crippen molar-refractivity contribution in [2.24, 2.45) is 0 Å². The van der Waals surface area contributed by atoms with Gasteiger partial charge in [0.25, 0.3) is 0 Å². The molecule has 0 fully saturated rings. The summed E-state index contributed by atoms with van der Waals surface area (Å²) < 4.78 is 0. The summed E-state index contributed by atoms with van der Waals surface area (Å²) in [4.78, 5) is 0. The highest BCUT2D eigenvalue weighted by molar-refractivity contribution is 7.80. The molecular weight excluding hydrogens is 326 g/mol. The number of allylic oxidation sites excluding steroid dienone is 2. The van der Waals surface area contributed by atoms with Crippen LogP contribution in [0.4, 0.5) is 0 Å². The normalized spacial score (nSPS) is 17.4. The fraction of sp³-hybridized carbons (Fsp3) is 0.286. The average Bonchev–Trinajstić information content (AvgIpc) is 2.42. The van der Waals surface area contributed by atoms with Crippen molar-refractivity contribution in [1.29, 1.82) is 0 Å². The lowest BCUT2D eigenvalue weighted by Crippen LogP contribution is -3.00. The van der Waals surface area contributed by atoms with Gasteiger partial charge >= 0.3 is 0 Å². The third kappa shape index (κ3) is 3.18. The van der Waals surface area contributed by atoms with Crippen LogP contribution >= 0.6 is 7.26 Å². The Labute approximate surface area is 116 Å². The van der Waals surface area contributed by atoms with E-state index in [0.717, 1.165) is 0 Å². The zero-order valence-corrected chi connectivity index (χ0v) is 13.1. The van der Waals surface area contributed by atoms with Gasteiger partial charge in [-0.1, -0.05) is 30.3 Å². The summed E-state index contributed by atoms with van der Waals surface area (Å²) >= 11 is 0. The first kappa shape index (κ1) is 13.9. The van der Waals surface area contributed by atoms with E-state index < -0.39 is 7.26 Å². The van der Waals surface area contributed by atoms with Crippen LogP contribution in [0, 0.1) is 0 Å². The lowest BCUT2D eigenvalue weighted by Gasteiger charge is -2.11. The standard InChI is InChI=1S/C14H18P.HI/c1-12-9-15(3,10-13(12)2)11-14-7-5-4-6-8-14;/h4-10H,11H2,1-3H3;1H/q+1;/p-1. The zero-order chi connectivity index (χ0) is 10.9. The van der Waals surface area contributed by atoms with E-state index in [9.17, 15) is 0 Å². The van der Waals surface area contributed by atoms with Crippen LogP contribution in [0.2, 0.25) is 0 Å². The molecule has 16 heavy (non-hydrogen) atoms. The summed E-state index contributed by atoms with van der Waals surface area (Å²) in [5.41, 5.74) is 4.41. The van der Waals surface area contributed by atoms with Gasteiger partial charge in [0.1, 0.15) is 0 Å². The van der Waals surface area contributed by atoms with Gasteiger partial charge in [-0.25, -0.2) is 0 Å². The quantitative estimate of drug-likeness (QED) is 0.566. The highest BCUT2D eigenvalue weighted by Crippen LogP contribution is 2.66. The summed E-state index contributed by atoms with van der Waals surface area (Å²) in [6, 6.07) is 10.8. The Morgan fingerprint density at radius 3 is 1.94 bits per heavy atom. The molecule has 2 heteroatoms. The van der Waals surface area contributed by atoms with Gasteiger partial charge in [-0.05, 0) is 30.6 Å². The van der Waals surface area contributed by atoms with E-state index in [4.69, 9.17) is 0 Å². The summed E-state index contributed by atoms with van der Waals surface area (Å²) in [7, 11) is -0.978. The molecule has 0 atom stereocenters. The second-order valence-electron chi connectivity index (χ2n) is 4.61. The number of hydrogen-bond donors (Lipinski definition) is 0. The van der Waals surface area contributed by atoms with Crippen LogP contribution in [0.3, 0.4) is 0 Å². The van der Waals surface area contributed by atoms with Gasteiger partial charge in [-0.2, -0.15) is 0 Å². The van der Waals surface area contributed by atoms with Crippen LogP contribution in [-0.4, -0.2) is 6.66 Å². The van der Waals surface area contributed by atoms with Crippen LogP contribution < -0.4 is 24.0 Å². The van der Waals surface area contributed by atoms with E-state index in [-0.39, 0.29) is 24.0 Å². The fourth-order valence-electron chi connectivity index (χ4n) is 2.19. The number of halogens is 1. The highest BCUT2D eigenvalue weighted by Gasteiger charge is 2.32. The molecule has 0 aromatic heterocycles. The molecule has 0 N–H and O–H groups in total. The second kappa shape index (κ2) is 5.46. The minimum absolute atomic E-state index is 0. The zero-order valence-electron chi connectivity index (χ0n) is 10.1. The SMILES string of the molecule is CC1=C[P+](C)(Cc2ccccc2)C=C1C.[I-]. The smallest absolute Gasteiger partial charge is 0.0923 e. The molecule has 0 bridgehead atoms. The van der Waals surface area contributed by atoms with Gasteiger partial charge in [-0.15, -0.1) is 0 Å². The lowest BCUT2D eigenvalue weighted by atomic mass is 10.2. The number of rotatable bonds is 2. The van der Waals surface area contributed by atoms with Crippen LogP contribution in [0.25, 0.3) is 0 Å². The first-order valence-corrected chi connectivity index (χ1v) is 7.93. The molecule has 1 aromatic carbocycles. The van der Waals surface area contributed by atoms with Crippen molar-refractivity contribution in [3.05, 3.63) is 58.7 Å². The van der Waals surface area contributed by atoms with Crippen LogP contribution in [0.15, 0.2) is 53.1 Å². The minimum Gasteiger partial charge on any atom is -1.00 e. The summed E-state index contributed by atoms with van der Waals surface area (Å²) in [5.74, 6) is 4.99. The van der Waals surface area contributed by atoms with Gasteiger partial charge in [0.2, 0.25) is 0 Å². The first-order valence-electron chi connectivity index (χ1n) is 5.37. The number of benzene rings is 1. The lowest BCUT2D eigenvalue weighted by molar-refractivity contribution is -0.00000332. The predicted octanol–water partition coefficient (Wildman–Crippen LogP) is 1.66. The topological polar surface area (TPSA) is 0 Å². The molecule has 1 aliphatic rings. The van der Waals surface area contributed by atoms with Crippen molar-refractivity contribution < 1.29 is 24.0 Å². The highest BCUT2D eigenvalue weighted by atomic mass is 127. The van der Waals surface area contributed by atoms with Crippen molar-refractivity contribution in [2.45, 2.75) is 20.0 Å². The Hall–Kier alpha value is -0.140. The molecule has 1 heterocycles. The molecule has 0 nitrogen and oxygen atoms in total.